The normalized spacial score (nSPS) is 14.5. The molecule has 1 aliphatic heterocycles. The van der Waals surface area contributed by atoms with Crippen molar-refractivity contribution in [1.82, 2.24) is 19.6 Å². The fourth-order valence-corrected chi connectivity index (χ4v) is 3.20. The van der Waals surface area contributed by atoms with Gasteiger partial charge in [0.2, 0.25) is 0 Å². The van der Waals surface area contributed by atoms with Gasteiger partial charge in [-0.15, -0.1) is 0 Å². The fourth-order valence-electron chi connectivity index (χ4n) is 3.20. The summed E-state index contributed by atoms with van der Waals surface area (Å²) in [5.41, 5.74) is 0.0345. The second kappa shape index (κ2) is 10.7. The minimum absolute atomic E-state index is 0.157. The minimum atomic E-state index is -0.245. The number of benzene rings is 1. The minimum Gasteiger partial charge on any atom is -0.497 e. The van der Waals surface area contributed by atoms with E-state index in [9.17, 15) is 9.59 Å². The molecule has 30 heavy (non-hydrogen) atoms. The second-order valence-electron chi connectivity index (χ2n) is 6.93. The van der Waals surface area contributed by atoms with Crippen LogP contribution < -0.4 is 15.0 Å². The Kier molecular flexibility index (Phi) is 7.81. The first kappa shape index (κ1) is 21.8. The molecule has 0 bridgehead atoms. The molecule has 0 aliphatic carbocycles. The quantitative estimate of drug-likeness (QED) is 0.596. The van der Waals surface area contributed by atoms with Gasteiger partial charge in [-0.05, 0) is 30.3 Å². The molecule has 1 amide bonds. The van der Waals surface area contributed by atoms with E-state index in [0.29, 0.717) is 32.8 Å². The van der Waals surface area contributed by atoms with Gasteiger partial charge in [-0.1, -0.05) is 0 Å². The summed E-state index contributed by atoms with van der Waals surface area (Å²) in [6, 6.07) is 10.4. The highest BCUT2D eigenvalue weighted by Crippen LogP contribution is 2.17. The lowest BCUT2D eigenvalue weighted by Gasteiger charge is -2.34. The molecule has 0 spiro atoms. The van der Waals surface area contributed by atoms with Gasteiger partial charge < -0.3 is 19.1 Å². The number of hydrogen-bond donors (Lipinski definition) is 0. The third-order valence-electron chi connectivity index (χ3n) is 4.99. The number of nitrogens with zero attached hydrogens (tertiary/aromatic N) is 4. The molecule has 1 saturated heterocycles. The van der Waals surface area contributed by atoms with E-state index in [1.54, 1.807) is 19.1 Å². The van der Waals surface area contributed by atoms with Crippen molar-refractivity contribution in [2.45, 2.75) is 6.54 Å². The number of carbonyl (C=O) groups excluding carboxylic acids is 1. The van der Waals surface area contributed by atoms with Crippen molar-refractivity contribution in [3.05, 3.63) is 52.4 Å². The summed E-state index contributed by atoms with van der Waals surface area (Å²) in [6.45, 7) is 4.79. The molecule has 0 radical (unpaired) electrons. The zero-order valence-corrected chi connectivity index (χ0v) is 17.5. The highest BCUT2D eigenvalue weighted by atomic mass is 16.5. The summed E-state index contributed by atoms with van der Waals surface area (Å²) in [7, 11) is 3.19. The topological polar surface area (TPSA) is 86.1 Å². The van der Waals surface area contributed by atoms with Crippen LogP contribution >= 0.6 is 0 Å². The Morgan fingerprint density at radius 3 is 2.30 bits per heavy atom. The van der Waals surface area contributed by atoms with Crippen molar-refractivity contribution >= 4 is 5.91 Å². The lowest BCUT2D eigenvalue weighted by molar-refractivity contribution is 0.0611. The first-order chi connectivity index (χ1) is 14.6. The summed E-state index contributed by atoms with van der Waals surface area (Å²) in [6.07, 6.45) is 0. The van der Waals surface area contributed by atoms with Crippen LogP contribution in [-0.2, 0) is 11.3 Å². The predicted molar refractivity (Wildman–Crippen MR) is 111 cm³/mol. The van der Waals surface area contributed by atoms with E-state index >= 15 is 0 Å². The molecule has 1 aromatic carbocycles. The van der Waals surface area contributed by atoms with E-state index in [-0.39, 0.29) is 17.2 Å². The molecule has 3 rings (SSSR count). The van der Waals surface area contributed by atoms with Crippen molar-refractivity contribution < 1.29 is 19.0 Å². The molecule has 1 fully saturated rings. The Bertz CT molecular complexity index is 876. The molecule has 0 unspecified atom stereocenters. The van der Waals surface area contributed by atoms with Gasteiger partial charge in [-0.3, -0.25) is 14.5 Å². The Hall–Kier alpha value is -2.91. The van der Waals surface area contributed by atoms with Gasteiger partial charge in [0.05, 0.1) is 20.3 Å². The number of hydrogen-bond acceptors (Lipinski definition) is 7. The molecule has 1 aliphatic rings. The smallest absolute Gasteiger partial charge is 0.274 e. The SMILES string of the molecule is COCCn1nc(C(=O)N2CCN(CCOc3ccc(OC)cc3)CC2)ccc1=O. The Morgan fingerprint density at radius 2 is 1.63 bits per heavy atom. The van der Waals surface area contributed by atoms with E-state index in [0.717, 1.165) is 31.1 Å². The number of piperazine rings is 1. The maximum absolute atomic E-state index is 12.8. The van der Waals surface area contributed by atoms with Gasteiger partial charge in [-0.2, -0.15) is 5.10 Å². The third kappa shape index (κ3) is 5.80. The summed E-state index contributed by atoms with van der Waals surface area (Å²) in [5, 5.41) is 4.19. The number of methoxy groups -OCH3 is 2. The summed E-state index contributed by atoms with van der Waals surface area (Å²) < 4.78 is 17.2. The van der Waals surface area contributed by atoms with Crippen LogP contribution in [0.4, 0.5) is 0 Å². The van der Waals surface area contributed by atoms with Crippen molar-refractivity contribution in [1.29, 1.82) is 0 Å². The first-order valence-corrected chi connectivity index (χ1v) is 9.96. The van der Waals surface area contributed by atoms with Crippen LogP contribution in [0, 0.1) is 0 Å². The Morgan fingerprint density at radius 1 is 0.933 bits per heavy atom. The Labute approximate surface area is 175 Å². The lowest BCUT2D eigenvalue weighted by atomic mass is 10.2. The van der Waals surface area contributed by atoms with Gasteiger partial charge in [-0.25, -0.2) is 4.68 Å². The number of rotatable bonds is 9. The third-order valence-corrected chi connectivity index (χ3v) is 4.99. The standard InChI is InChI=1S/C21H28N4O5/c1-28-15-14-25-20(26)8-7-19(22-25)21(27)24-11-9-23(10-12-24)13-16-30-18-5-3-17(29-2)4-6-18/h3-8H,9-16H2,1-2H3. The van der Waals surface area contributed by atoms with E-state index in [4.69, 9.17) is 14.2 Å². The van der Waals surface area contributed by atoms with Gasteiger partial charge in [0, 0.05) is 45.9 Å². The van der Waals surface area contributed by atoms with Crippen LogP contribution in [0.25, 0.3) is 0 Å². The van der Waals surface area contributed by atoms with Crippen LogP contribution in [-0.4, -0.2) is 85.6 Å². The van der Waals surface area contributed by atoms with E-state index in [2.05, 4.69) is 10.00 Å². The molecule has 0 saturated carbocycles. The number of ether oxygens (including phenoxy) is 3. The highest BCUT2D eigenvalue weighted by Gasteiger charge is 2.23. The van der Waals surface area contributed by atoms with E-state index < -0.39 is 0 Å². The van der Waals surface area contributed by atoms with E-state index in [1.807, 2.05) is 24.3 Å². The zero-order valence-electron chi connectivity index (χ0n) is 17.5. The molecule has 0 atom stereocenters. The van der Waals surface area contributed by atoms with Gasteiger partial charge in [0.1, 0.15) is 23.8 Å². The molecule has 2 heterocycles. The van der Waals surface area contributed by atoms with Crippen LogP contribution in [0.3, 0.4) is 0 Å². The van der Waals surface area contributed by atoms with Gasteiger partial charge in [0.25, 0.3) is 11.5 Å². The molecule has 0 N–H and O–H groups in total. The fraction of sp³-hybridized carbons (Fsp3) is 0.476. The second-order valence-corrected chi connectivity index (χ2v) is 6.93. The molecular formula is C21H28N4O5. The molecule has 1 aromatic heterocycles. The largest absolute Gasteiger partial charge is 0.497 e. The molecule has 162 valence electrons. The monoisotopic (exact) mass is 416 g/mol. The maximum atomic E-state index is 12.8. The summed E-state index contributed by atoms with van der Waals surface area (Å²) >= 11 is 0. The van der Waals surface area contributed by atoms with Crippen molar-refractivity contribution in [2.75, 3.05) is 60.2 Å². The number of amides is 1. The van der Waals surface area contributed by atoms with E-state index in [1.165, 1.54) is 16.8 Å². The van der Waals surface area contributed by atoms with Gasteiger partial charge >= 0.3 is 0 Å². The lowest BCUT2D eigenvalue weighted by Crippen LogP contribution is -2.49. The van der Waals surface area contributed by atoms with Crippen LogP contribution in [0.1, 0.15) is 10.5 Å². The van der Waals surface area contributed by atoms with Gasteiger partial charge in [0.15, 0.2) is 0 Å². The average Bonchev–Trinajstić information content (AvgIpc) is 2.79. The van der Waals surface area contributed by atoms with Crippen molar-refractivity contribution in [2.24, 2.45) is 0 Å². The molecule has 2 aromatic rings. The molecular weight excluding hydrogens is 388 g/mol. The maximum Gasteiger partial charge on any atom is 0.274 e. The highest BCUT2D eigenvalue weighted by molar-refractivity contribution is 5.92. The zero-order chi connectivity index (χ0) is 21.3. The molecule has 9 heteroatoms. The Balaban J connectivity index is 1.45. The number of carbonyl (C=O) groups is 1. The van der Waals surface area contributed by atoms with Crippen LogP contribution in [0.15, 0.2) is 41.2 Å². The van der Waals surface area contributed by atoms with Crippen molar-refractivity contribution in [3.63, 3.8) is 0 Å². The predicted octanol–water partition coefficient (Wildman–Crippen LogP) is 0.735. The number of aromatic nitrogens is 2. The summed E-state index contributed by atoms with van der Waals surface area (Å²) in [4.78, 5) is 28.6. The average molecular weight is 416 g/mol. The van der Waals surface area contributed by atoms with Crippen LogP contribution in [0.2, 0.25) is 0 Å². The first-order valence-electron chi connectivity index (χ1n) is 9.96. The van der Waals surface area contributed by atoms with Crippen LogP contribution in [0.5, 0.6) is 11.5 Å². The summed E-state index contributed by atoms with van der Waals surface area (Å²) in [5.74, 6) is 1.45. The molecule has 9 nitrogen and oxygen atoms in total. The van der Waals surface area contributed by atoms with Crippen molar-refractivity contribution in [3.8, 4) is 11.5 Å².